The van der Waals surface area contributed by atoms with E-state index in [0.29, 0.717) is 24.2 Å². The van der Waals surface area contributed by atoms with Crippen molar-refractivity contribution >= 4 is 15.9 Å². The maximum Gasteiger partial charge on any atom is 0.253 e. The third-order valence-corrected chi connectivity index (χ3v) is 7.03. The predicted octanol–water partition coefficient (Wildman–Crippen LogP) is 1.84. The van der Waals surface area contributed by atoms with Gasteiger partial charge in [-0.05, 0) is 54.3 Å². The SMILES string of the molecule is Cc1cc(C(=O)N2CCN(Cc3ccc4c(c3)CCO4)CC2)cc(S(N)(=O)=O)c1C. The summed E-state index contributed by atoms with van der Waals surface area (Å²) in [5.41, 5.74) is 4.21. The highest BCUT2D eigenvalue weighted by Gasteiger charge is 2.25. The van der Waals surface area contributed by atoms with Crippen LogP contribution in [0.3, 0.4) is 0 Å². The molecule has 2 N–H and O–H groups in total. The number of amides is 1. The molecular formula is C22H27N3O4S. The van der Waals surface area contributed by atoms with E-state index in [4.69, 9.17) is 9.88 Å². The molecule has 2 aliphatic rings. The Hall–Kier alpha value is -2.42. The Morgan fingerprint density at radius 1 is 1.10 bits per heavy atom. The Balaban J connectivity index is 1.42. The van der Waals surface area contributed by atoms with Crippen molar-refractivity contribution in [3.05, 3.63) is 58.1 Å². The molecular weight excluding hydrogens is 402 g/mol. The highest BCUT2D eigenvalue weighted by molar-refractivity contribution is 7.89. The number of aryl methyl sites for hydroxylation is 1. The number of piperazine rings is 1. The molecule has 0 spiro atoms. The van der Waals surface area contributed by atoms with Gasteiger partial charge in [0.1, 0.15) is 5.75 Å². The first-order valence-electron chi connectivity index (χ1n) is 10.1. The lowest BCUT2D eigenvalue weighted by atomic mass is 10.0. The van der Waals surface area contributed by atoms with Gasteiger partial charge in [-0.15, -0.1) is 0 Å². The summed E-state index contributed by atoms with van der Waals surface area (Å²) in [6.45, 7) is 7.83. The normalized spacial score (nSPS) is 17.0. The van der Waals surface area contributed by atoms with Gasteiger partial charge in [0.2, 0.25) is 10.0 Å². The van der Waals surface area contributed by atoms with Crippen LogP contribution in [0.2, 0.25) is 0 Å². The number of benzene rings is 2. The van der Waals surface area contributed by atoms with Crippen molar-refractivity contribution in [3.8, 4) is 5.75 Å². The van der Waals surface area contributed by atoms with Gasteiger partial charge in [0, 0.05) is 44.7 Å². The van der Waals surface area contributed by atoms with Crippen LogP contribution in [0.25, 0.3) is 0 Å². The van der Waals surface area contributed by atoms with Crippen molar-refractivity contribution in [2.75, 3.05) is 32.8 Å². The van der Waals surface area contributed by atoms with Crippen LogP contribution in [0.5, 0.6) is 5.75 Å². The molecule has 4 rings (SSSR count). The van der Waals surface area contributed by atoms with Crippen LogP contribution in [-0.2, 0) is 23.0 Å². The van der Waals surface area contributed by atoms with Gasteiger partial charge in [0.25, 0.3) is 5.91 Å². The largest absolute Gasteiger partial charge is 0.493 e. The van der Waals surface area contributed by atoms with Crippen LogP contribution in [0.4, 0.5) is 0 Å². The number of hydrogen-bond donors (Lipinski definition) is 1. The van der Waals surface area contributed by atoms with Crippen LogP contribution in [-0.4, -0.2) is 56.9 Å². The average molecular weight is 430 g/mol. The maximum atomic E-state index is 13.0. The topological polar surface area (TPSA) is 92.9 Å². The van der Waals surface area contributed by atoms with Crippen molar-refractivity contribution in [3.63, 3.8) is 0 Å². The number of carbonyl (C=O) groups is 1. The van der Waals surface area contributed by atoms with Gasteiger partial charge < -0.3 is 9.64 Å². The molecule has 1 amide bonds. The minimum atomic E-state index is -3.88. The minimum absolute atomic E-state index is 0.0186. The maximum absolute atomic E-state index is 13.0. The molecule has 0 aromatic heterocycles. The van der Waals surface area contributed by atoms with Crippen LogP contribution >= 0.6 is 0 Å². The van der Waals surface area contributed by atoms with Crippen LogP contribution in [0.15, 0.2) is 35.2 Å². The number of fused-ring (bicyclic) bond motifs is 1. The van der Waals surface area contributed by atoms with E-state index >= 15 is 0 Å². The van der Waals surface area contributed by atoms with Crippen molar-refractivity contribution < 1.29 is 17.9 Å². The first-order valence-corrected chi connectivity index (χ1v) is 11.7. The molecule has 0 atom stereocenters. The molecule has 8 heteroatoms. The second-order valence-electron chi connectivity index (χ2n) is 8.07. The van der Waals surface area contributed by atoms with E-state index in [2.05, 4.69) is 17.0 Å². The minimum Gasteiger partial charge on any atom is -0.493 e. The van der Waals surface area contributed by atoms with E-state index in [1.165, 1.54) is 17.2 Å². The second kappa shape index (κ2) is 8.02. The van der Waals surface area contributed by atoms with Gasteiger partial charge in [-0.2, -0.15) is 0 Å². The fourth-order valence-electron chi connectivity index (χ4n) is 4.13. The lowest BCUT2D eigenvalue weighted by molar-refractivity contribution is 0.0628. The zero-order valence-electron chi connectivity index (χ0n) is 17.3. The first-order chi connectivity index (χ1) is 14.2. The molecule has 0 bridgehead atoms. The molecule has 1 fully saturated rings. The Morgan fingerprint density at radius 2 is 1.83 bits per heavy atom. The summed E-state index contributed by atoms with van der Waals surface area (Å²) >= 11 is 0. The fraction of sp³-hybridized carbons (Fsp3) is 0.409. The van der Waals surface area contributed by atoms with E-state index in [-0.39, 0.29) is 10.8 Å². The summed E-state index contributed by atoms with van der Waals surface area (Å²) in [4.78, 5) is 17.1. The average Bonchev–Trinajstić information content (AvgIpc) is 3.17. The zero-order valence-corrected chi connectivity index (χ0v) is 18.2. The standard InChI is InChI=1S/C22H27N3O4S/c1-15-11-19(13-21(16(15)2)30(23,27)28)22(26)25-8-6-24(7-9-25)14-17-3-4-20-18(12-17)5-10-29-20/h3-4,11-13H,5-10,14H2,1-2H3,(H2,23,27,28). The summed E-state index contributed by atoms with van der Waals surface area (Å²) in [7, 11) is -3.88. The number of nitrogens with two attached hydrogens (primary N) is 1. The van der Waals surface area contributed by atoms with Gasteiger partial charge in [0.05, 0.1) is 11.5 Å². The zero-order chi connectivity index (χ0) is 21.5. The summed E-state index contributed by atoms with van der Waals surface area (Å²) in [5.74, 6) is 0.832. The lowest BCUT2D eigenvalue weighted by Gasteiger charge is -2.35. The van der Waals surface area contributed by atoms with E-state index in [0.717, 1.165) is 44.0 Å². The Morgan fingerprint density at radius 3 is 2.53 bits per heavy atom. The Bertz CT molecular complexity index is 1090. The molecule has 160 valence electrons. The molecule has 0 aliphatic carbocycles. The molecule has 2 heterocycles. The summed E-state index contributed by atoms with van der Waals surface area (Å²) in [6, 6.07) is 9.50. The third-order valence-electron chi connectivity index (χ3n) is 5.99. The van der Waals surface area contributed by atoms with Crippen molar-refractivity contribution in [1.82, 2.24) is 9.80 Å². The number of carbonyl (C=O) groups excluding carboxylic acids is 1. The number of primary sulfonamides is 1. The van der Waals surface area contributed by atoms with Gasteiger partial charge in [-0.1, -0.05) is 12.1 Å². The number of rotatable bonds is 4. The summed E-state index contributed by atoms with van der Waals surface area (Å²) in [6.07, 6.45) is 0.960. The van der Waals surface area contributed by atoms with Gasteiger partial charge in [-0.25, -0.2) is 13.6 Å². The van der Waals surface area contributed by atoms with Gasteiger partial charge >= 0.3 is 0 Å². The third kappa shape index (κ3) is 4.21. The van der Waals surface area contributed by atoms with Gasteiger partial charge in [0.15, 0.2) is 0 Å². The van der Waals surface area contributed by atoms with Gasteiger partial charge in [-0.3, -0.25) is 9.69 Å². The van der Waals surface area contributed by atoms with E-state index in [1.54, 1.807) is 24.8 Å². The Kier molecular flexibility index (Phi) is 5.57. The monoisotopic (exact) mass is 429 g/mol. The molecule has 2 aliphatic heterocycles. The Labute approximate surface area is 177 Å². The van der Waals surface area contributed by atoms with Crippen molar-refractivity contribution in [2.24, 2.45) is 5.14 Å². The molecule has 2 aromatic carbocycles. The number of ether oxygens (including phenoxy) is 1. The van der Waals surface area contributed by atoms with Crippen molar-refractivity contribution in [1.29, 1.82) is 0 Å². The van der Waals surface area contributed by atoms with E-state index < -0.39 is 10.0 Å². The first kappa shape index (κ1) is 20.8. The molecule has 2 aromatic rings. The van der Waals surface area contributed by atoms with Crippen LogP contribution in [0.1, 0.15) is 32.6 Å². The number of sulfonamides is 1. The molecule has 0 unspecified atom stereocenters. The highest BCUT2D eigenvalue weighted by Crippen LogP contribution is 2.27. The van der Waals surface area contributed by atoms with Crippen LogP contribution in [0, 0.1) is 13.8 Å². The lowest BCUT2D eigenvalue weighted by Crippen LogP contribution is -2.48. The molecule has 7 nitrogen and oxygen atoms in total. The fourth-order valence-corrected chi connectivity index (χ4v) is 5.01. The number of nitrogens with zero attached hydrogens (tertiary/aromatic N) is 2. The predicted molar refractivity (Wildman–Crippen MR) is 114 cm³/mol. The molecule has 0 saturated carbocycles. The summed E-state index contributed by atoms with van der Waals surface area (Å²) in [5, 5.41) is 5.33. The molecule has 0 radical (unpaired) electrons. The van der Waals surface area contributed by atoms with Crippen molar-refractivity contribution in [2.45, 2.75) is 31.7 Å². The quantitative estimate of drug-likeness (QED) is 0.801. The number of hydrogen-bond acceptors (Lipinski definition) is 5. The van der Waals surface area contributed by atoms with E-state index in [9.17, 15) is 13.2 Å². The van der Waals surface area contributed by atoms with E-state index in [1.807, 2.05) is 6.07 Å². The molecule has 1 saturated heterocycles. The highest BCUT2D eigenvalue weighted by atomic mass is 32.2. The smallest absolute Gasteiger partial charge is 0.253 e. The molecule has 30 heavy (non-hydrogen) atoms. The second-order valence-corrected chi connectivity index (χ2v) is 9.60. The summed E-state index contributed by atoms with van der Waals surface area (Å²) < 4.78 is 29.3. The van der Waals surface area contributed by atoms with Crippen LogP contribution < -0.4 is 9.88 Å².